The van der Waals surface area contributed by atoms with E-state index in [9.17, 15) is 43.5 Å². The molecule has 21 heteroatoms. The minimum atomic E-state index is -1.16. The monoisotopic (exact) mass is 1390 g/mol. The first-order valence-electron chi connectivity index (χ1n) is 31.4. The summed E-state index contributed by atoms with van der Waals surface area (Å²) in [5.41, 5.74) is 11.1. The van der Waals surface area contributed by atoms with Crippen molar-refractivity contribution >= 4 is 47.4 Å². The number of carboxylic acid groups (broad SMARTS) is 1. The van der Waals surface area contributed by atoms with Crippen LogP contribution in [-0.2, 0) is 137 Å². The van der Waals surface area contributed by atoms with Crippen molar-refractivity contribution < 1.29 is 99.5 Å². The molecule has 8 N–H and O–H groups in total. The molecule has 8 atom stereocenters. The standard InChI is InChI=1S/C38H39N3O6.C26H26N2O5.C12H15NO2.2V/c1-38(26-47-38)34(42)31(22-27-14-6-2-7-15-27)39-35(43)32(23-28-16-8-3-9-17-28)40-36(44)33(24-29-18-10-4-11-19-29)41-37(45)46-25-30-20-12-5-13-21-30;29-24(27-23(25(30)31)17-20-12-6-2-7-13-20)22(16-19-10-4-1-5-11-19)28-26(32)33-18-21-14-8-3-9-15-21;1-12(8-15-12)11(14)10(13)7-9-5-3-2-4-6-9;;/h2-21,31-33H,22-26H2,1H3,(H,39,43)(H,40,44)(H,41,45);1-15,22-23H,16-18H2,(H,27,29)(H,28,32)(H,30,31);2-6,10H,7-8,13H2,1H3;;/t31-,32?,33+,38+;22-,23?;10?,12-;;/m011../s1. The molecule has 0 bridgehead atoms. The maximum absolute atomic E-state index is 14.0. The van der Waals surface area contributed by atoms with Crippen molar-refractivity contribution in [1.82, 2.24) is 26.6 Å². The molecular weight excluding hydrogens is 1310 g/mol. The Morgan fingerprint density at radius 2 is 0.588 bits per heavy atom. The third-order valence-corrected chi connectivity index (χ3v) is 15.8. The molecule has 97 heavy (non-hydrogen) atoms. The Morgan fingerprint density at radius 1 is 0.361 bits per heavy atom. The summed E-state index contributed by atoms with van der Waals surface area (Å²) >= 11 is 0. The average Bonchev–Trinajstić information content (AvgIpc) is 1.68. The van der Waals surface area contributed by atoms with Crippen LogP contribution in [-0.4, -0.2) is 113 Å². The zero-order chi connectivity index (χ0) is 67.4. The normalized spacial score (nSPS) is 16.4. The van der Waals surface area contributed by atoms with Crippen LogP contribution in [0.25, 0.3) is 0 Å². The molecule has 8 aromatic carbocycles. The molecular formula is C76H80N6O13V2. The van der Waals surface area contributed by atoms with Gasteiger partial charge in [-0.05, 0) is 71.2 Å². The van der Waals surface area contributed by atoms with E-state index in [1.807, 2.05) is 218 Å². The van der Waals surface area contributed by atoms with E-state index in [2.05, 4.69) is 26.6 Å². The van der Waals surface area contributed by atoms with Crippen molar-refractivity contribution in [2.75, 3.05) is 13.2 Å². The predicted molar refractivity (Wildman–Crippen MR) is 358 cm³/mol. The van der Waals surface area contributed by atoms with Crippen LogP contribution in [0.5, 0.6) is 0 Å². The first-order valence-corrected chi connectivity index (χ1v) is 31.4. The third kappa shape index (κ3) is 25.9. The number of epoxide rings is 2. The Labute approximate surface area is 589 Å². The van der Waals surface area contributed by atoms with E-state index in [1.54, 1.807) is 38.1 Å². The number of hydrogen-bond acceptors (Lipinski definition) is 13. The SMILES string of the molecule is C[C@]1(C(=O)C(N)Cc2ccccc2)CO1.C[C@]1(C(=O)[C@H](Cc2ccccc2)NC(=O)C(Cc2ccccc2)NC(=O)[C@@H](Cc2ccccc2)NC(=O)OCc2ccccc2)CO1.O=C(N[C@H](Cc1ccccc1)C(=O)NC(Cc1ccccc1)C(=O)O)OCc1ccccc1.[V].[V]. The van der Waals surface area contributed by atoms with Crippen molar-refractivity contribution in [3.05, 3.63) is 287 Å². The van der Waals surface area contributed by atoms with Gasteiger partial charge in [0.25, 0.3) is 0 Å². The molecule has 2 aliphatic rings. The smallest absolute Gasteiger partial charge is 0.408 e. The number of nitrogens with one attached hydrogen (secondary N) is 5. The van der Waals surface area contributed by atoms with E-state index in [0.717, 1.165) is 44.5 Å². The molecule has 0 aliphatic carbocycles. The molecule has 0 saturated carbocycles. The van der Waals surface area contributed by atoms with E-state index in [0.29, 0.717) is 13.0 Å². The summed E-state index contributed by atoms with van der Waals surface area (Å²) in [6, 6.07) is 68.7. The first-order chi connectivity index (χ1) is 45.9. The van der Waals surface area contributed by atoms with E-state index >= 15 is 0 Å². The quantitative estimate of drug-likeness (QED) is 0.0216. The summed E-state index contributed by atoms with van der Waals surface area (Å²) < 4.78 is 21.2. The number of nitrogens with two attached hydrogens (primary N) is 1. The Hall–Kier alpha value is -9.43. The number of Topliss-reactive ketones (excluding diaryl/α,β-unsaturated/α-hetero) is 2. The van der Waals surface area contributed by atoms with Crippen molar-refractivity contribution in [2.24, 2.45) is 5.73 Å². The number of ether oxygens (including phenoxy) is 4. The molecule has 3 unspecified atom stereocenters. The van der Waals surface area contributed by atoms with Gasteiger partial charge in [0.15, 0.2) is 11.6 Å². The van der Waals surface area contributed by atoms with Gasteiger partial charge in [-0.3, -0.25) is 24.0 Å². The Morgan fingerprint density at radius 3 is 0.876 bits per heavy atom. The Balaban J connectivity index is 0.000000257. The topological polar surface area (TPSA) is 286 Å². The van der Waals surface area contributed by atoms with Gasteiger partial charge in [-0.1, -0.05) is 243 Å². The van der Waals surface area contributed by atoms with Gasteiger partial charge in [0, 0.05) is 62.8 Å². The van der Waals surface area contributed by atoms with Gasteiger partial charge in [-0.15, -0.1) is 0 Å². The third-order valence-electron chi connectivity index (χ3n) is 15.8. The van der Waals surface area contributed by atoms with E-state index < -0.39 is 83.3 Å². The number of benzene rings is 8. The van der Waals surface area contributed by atoms with E-state index in [1.165, 1.54) is 0 Å². The average molecular weight is 1390 g/mol. The number of carboxylic acids is 1. The minimum absolute atomic E-state index is 0. The number of alkyl carbamates (subject to hydrolysis) is 2. The van der Waals surface area contributed by atoms with Crippen molar-refractivity contribution in [3.8, 4) is 0 Å². The van der Waals surface area contributed by atoms with Gasteiger partial charge in [0.1, 0.15) is 48.6 Å². The second-order valence-electron chi connectivity index (χ2n) is 23.6. The largest absolute Gasteiger partial charge is 0.480 e. The molecule has 10 rings (SSSR count). The fraction of sp³-hybridized carbons (Fsp3) is 0.263. The fourth-order valence-electron chi connectivity index (χ4n) is 10.1. The predicted octanol–water partition coefficient (Wildman–Crippen LogP) is 8.58. The van der Waals surface area contributed by atoms with Crippen molar-refractivity contribution in [3.63, 3.8) is 0 Å². The van der Waals surface area contributed by atoms with Crippen LogP contribution in [0.2, 0.25) is 0 Å². The first kappa shape index (κ1) is 76.6. The molecule has 5 amide bonds. The van der Waals surface area contributed by atoms with Crippen LogP contribution in [0.1, 0.15) is 58.4 Å². The Kier molecular flexibility index (Phi) is 30.8. The summed E-state index contributed by atoms with van der Waals surface area (Å²) in [6.07, 6.45) is -0.0408. The summed E-state index contributed by atoms with van der Waals surface area (Å²) in [6.45, 7) is 4.38. The van der Waals surface area contributed by atoms with E-state index in [-0.39, 0.29) is 101 Å². The molecule has 0 aromatic heterocycles. The molecule has 8 aromatic rings. The zero-order valence-electron chi connectivity index (χ0n) is 53.9. The number of carbonyl (C=O) groups excluding carboxylic acids is 7. The van der Waals surface area contributed by atoms with Gasteiger partial charge in [0.05, 0.1) is 25.3 Å². The van der Waals surface area contributed by atoms with Crippen LogP contribution in [0.3, 0.4) is 0 Å². The Bertz CT molecular complexity index is 3750. The summed E-state index contributed by atoms with van der Waals surface area (Å²) in [4.78, 5) is 103. The second kappa shape index (κ2) is 38.9. The van der Waals surface area contributed by atoms with Gasteiger partial charge in [0.2, 0.25) is 17.7 Å². The number of aliphatic carboxylic acids is 1. The van der Waals surface area contributed by atoms with Gasteiger partial charge in [-0.2, -0.15) is 0 Å². The summed E-state index contributed by atoms with van der Waals surface area (Å²) in [5, 5.41) is 23.2. The number of hydrogen-bond donors (Lipinski definition) is 7. The second-order valence-corrected chi connectivity index (χ2v) is 23.6. The van der Waals surface area contributed by atoms with Crippen LogP contribution in [0.15, 0.2) is 243 Å². The summed E-state index contributed by atoms with van der Waals surface area (Å²) in [5.74, 6) is -3.07. The molecule has 2 radical (unpaired) electrons. The van der Waals surface area contributed by atoms with Gasteiger partial charge in [-0.25, -0.2) is 14.4 Å². The molecule has 2 heterocycles. The minimum Gasteiger partial charge on any atom is -0.480 e. The van der Waals surface area contributed by atoms with Crippen LogP contribution in [0.4, 0.5) is 9.59 Å². The zero-order valence-corrected chi connectivity index (χ0v) is 56.7. The number of carbonyl (C=O) groups is 8. The fourth-order valence-corrected chi connectivity index (χ4v) is 10.1. The van der Waals surface area contributed by atoms with Crippen LogP contribution >= 0.6 is 0 Å². The summed E-state index contributed by atoms with van der Waals surface area (Å²) in [7, 11) is 0. The molecule has 2 aliphatic heterocycles. The van der Waals surface area contributed by atoms with E-state index in [4.69, 9.17) is 24.7 Å². The van der Waals surface area contributed by atoms with Crippen molar-refractivity contribution in [1.29, 1.82) is 0 Å². The maximum Gasteiger partial charge on any atom is 0.408 e. The van der Waals surface area contributed by atoms with Crippen LogP contribution < -0.4 is 32.3 Å². The van der Waals surface area contributed by atoms with Gasteiger partial charge < -0.3 is 56.4 Å². The number of ketones is 2. The number of amides is 5. The molecule has 19 nitrogen and oxygen atoms in total. The molecule has 502 valence electrons. The van der Waals surface area contributed by atoms with Gasteiger partial charge >= 0.3 is 18.2 Å². The molecule has 0 spiro atoms. The van der Waals surface area contributed by atoms with Crippen LogP contribution in [0, 0.1) is 0 Å². The van der Waals surface area contributed by atoms with Crippen molar-refractivity contribution in [2.45, 2.75) is 113 Å². The molecule has 2 saturated heterocycles. The maximum atomic E-state index is 14.0. The molecule has 2 fully saturated rings. The number of rotatable bonds is 29.